The first kappa shape index (κ1) is 11.8. The minimum atomic E-state index is 0.885. The molecule has 0 saturated heterocycles. The molecule has 2 nitrogen and oxygen atoms in total. The van der Waals surface area contributed by atoms with Crippen LogP contribution in [0.5, 0.6) is 0 Å². The van der Waals surface area contributed by atoms with Crippen molar-refractivity contribution in [2.45, 2.75) is 25.8 Å². The number of aromatic amines is 1. The van der Waals surface area contributed by atoms with Gasteiger partial charge in [-0.1, -0.05) is 12.1 Å². The van der Waals surface area contributed by atoms with Gasteiger partial charge in [0.15, 0.2) is 0 Å². The standard InChI is InChI=1S/C15H18N2/c1-2-3-4-5-9-16-12-13-6-7-14-8-10-17-15(14)11-13/h1,6-8,10-11,16-17H,3-5,9,12H2. The molecule has 0 bridgehead atoms. The predicted molar refractivity (Wildman–Crippen MR) is 72.7 cm³/mol. The topological polar surface area (TPSA) is 27.8 Å². The number of aromatic nitrogens is 1. The van der Waals surface area contributed by atoms with Gasteiger partial charge in [-0.2, -0.15) is 0 Å². The third-order valence-electron chi connectivity index (χ3n) is 2.87. The molecule has 2 N–H and O–H groups in total. The molecule has 0 saturated carbocycles. The Kier molecular flexibility index (Phi) is 4.23. The fraction of sp³-hybridized carbons (Fsp3) is 0.333. The number of nitrogens with one attached hydrogen (secondary N) is 2. The number of benzene rings is 1. The number of terminal acetylenes is 1. The van der Waals surface area contributed by atoms with Gasteiger partial charge in [-0.25, -0.2) is 0 Å². The highest BCUT2D eigenvalue weighted by atomic mass is 14.8. The van der Waals surface area contributed by atoms with E-state index in [0.29, 0.717) is 0 Å². The third kappa shape index (κ3) is 3.37. The zero-order chi connectivity index (χ0) is 11.9. The van der Waals surface area contributed by atoms with Gasteiger partial charge in [0.2, 0.25) is 0 Å². The highest BCUT2D eigenvalue weighted by Gasteiger charge is 1.96. The molecule has 2 aromatic rings. The summed E-state index contributed by atoms with van der Waals surface area (Å²) in [5, 5.41) is 4.70. The first-order chi connectivity index (χ1) is 8.40. The lowest BCUT2D eigenvalue weighted by Crippen LogP contribution is -2.14. The molecular formula is C15H18N2. The van der Waals surface area contributed by atoms with E-state index < -0.39 is 0 Å². The van der Waals surface area contributed by atoms with Gasteiger partial charge in [-0.3, -0.25) is 0 Å². The van der Waals surface area contributed by atoms with Crippen molar-refractivity contribution < 1.29 is 0 Å². The van der Waals surface area contributed by atoms with E-state index in [0.717, 1.165) is 32.4 Å². The quantitative estimate of drug-likeness (QED) is 0.575. The molecule has 0 fully saturated rings. The summed E-state index contributed by atoms with van der Waals surface area (Å²) in [6.45, 7) is 1.95. The number of rotatable bonds is 6. The van der Waals surface area contributed by atoms with Gasteiger partial charge in [-0.05, 0) is 42.5 Å². The number of H-pyrrole nitrogens is 1. The monoisotopic (exact) mass is 226 g/mol. The third-order valence-corrected chi connectivity index (χ3v) is 2.87. The SMILES string of the molecule is C#CCCCCNCc1ccc2cc[nH]c2c1. The van der Waals surface area contributed by atoms with Gasteiger partial charge in [0.1, 0.15) is 0 Å². The second-order valence-corrected chi connectivity index (χ2v) is 4.24. The van der Waals surface area contributed by atoms with Crippen LogP contribution < -0.4 is 5.32 Å². The highest BCUT2D eigenvalue weighted by molar-refractivity contribution is 5.79. The van der Waals surface area contributed by atoms with Crippen LogP contribution in [0.3, 0.4) is 0 Å². The smallest absolute Gasteiger partial charge is 0.0457 e. The zero-order valence-electron chi connectivity index (χ0n) is 10.00. The summed E-state index contributed by atoms with van der Waals surface area (Å²) in [5.41, 5.74) is 2.52. The van der Waals surface area contributed by atoms with Crippen molar-refractivity contribution >= 4 is 10.9 Å². The molecule has 0 spiro atoms. The first-order valence-electron chi connectivity index (χ1n) is 6.10. The van der Waals surface area contributed by atoms with E-state index in [4.69, 9.17) is 6.42 Å². The average Bonchev–Trinajstić information content (AvgIpc) is 2.81. The lowest BCUT2D eigenvalue weighted by Gasteiger charge is -2.04. The molecule has 17 heavy (non-hydrogen) atoms. The molecule has 0 atom stereocenters. The summed E-state index contributed by atoms with van der Waals surface area (Å²) >= 11 is 0. The lowest BCUT2D eigenvalue weighted by atomic mass is 10.1. The second-order valence-electron chi connectivity index (χ2n) is 4.24. The first-order valence-corrected chi connectivity index (χ1v) is 6.10. The minimum absolute atomic E-state index is 0.885. The van der Waals surface area contributed by atoms with Crippen molar-refractivity contribution in [1.82, 2.24) is 10.3 Å². The molecule has 1 heterocycles. The second kappa shape index (κ2) is 6.12. The van der Waals surface area contributed by atoms with Crippen LogP contribution in [0.15, 0.2) is 30.5 Å². The van der Waals surface area contributed by atoms with Crippen molar-refractivity contribution in [2.75, 3.05) is 6.54 Å². The van der Waals surface area contributed by atoms with Gasteiger partial charge in [-0.15, -0.1) is 12.3 Å². The van der Waals surface area contributed by atoms with E-state index in [9.17, 15) is 0 Å². The van der Waals surface area contributed by atoms with Crippen LogP contribution >= 0.6 is 0 Å². The van der Waals surface area contributed by atoms with E-state index >= 15 is 0 Å². The normalized spacial score (nSPS) is 10.5. The summed E-state index contributed by atoms with van der Waals surface area (Å²) < 4.78 is 0. The van der Waals surface area contributed by atoms with Gasteiger partial charge < -0.3 is 10.3 Å². The van der Waals surface area contributed by atoms with Crippen molar-refractivity contribution in [2.24, 2.45) is 0 Å². The molecule has 2 heteroatoms. The average molecular weight is 226 g/mol. The summed E-state index contributed by atoms with van der Waals surface area (Å²) in [6.07, 6.45) is 10.3. The molecule has 88 valence electrons. The Balaban J connectivity index is 1.77. The Morgan fingerprint density at radius 3 is 3.06 bits per heavy atom. The van der Waals surface area contributed by atoms with Gasteiger partial charge in [0, 0.05) is 24.7 Å². The number of unbranched alkanes of at least 4 members (excludes halogenated alkanes) is 2. The van der Waals surface area contributed by atoms with E-state index in [-0.39, 0.29) is 0 Å². The molecular weight excluding hydrogens is 208 g/mol. The van der Waals surface area contributed by atoms with Gasteiger partial charge in [0.05, 0.1) is 0 Å². The van der Waals surface area contributed by atoms with Gasteiger partial charge >= 0.3 is 0 Å². The zero-order valence-corrected chi connectivity index (χ0v) is 10.00. The summed E-state index contributed by atoms with van der Waals surface area (Å²) in [7, 11) is 0. The maximum absolute atomic E-state index is 5.20. The van der Waals surface area contributed by atoms with Crippen LogP contribution in [0, 0.1) is 12.3 Å². The Hall–Kier alpha value is -1.72. The van der Waals surface area contributed by atoms with E-state index in [1.54, 1.807) is 0 Å². The molecule has 1 aromatic carbocycles. The fourth-order valence-electron chi connectivity index (χ4n) is 1.91. The Morgan fingerprint density at radius 1 is 1.24 bits per heavy atom. The Morgan fingerprint density at radius 2 is 2.18 bits per heavy atom. The molecule has 0 aliphatic carbocycles. The van der Waals surface area contributed by atoms with E-state index in [1.807, 2.05) is 6.20 Å². The van der Waals surface area contributed by atoms with Crippen LogP contribution in [-0.2, 0) is 6.54 Å². The van der Waals surface area contributed by atoms with Crippen molar-refractivity contribution in [3.8, 4) is 12.3 Å². The Labute approximate surface area is 102 Å². The molecule has 0 aliphatic heterocycles. The van der Waals surface area contributed by atoms with Crippen LogP contribution in [0.1, 0.15) is 24.8 Å². The molecule has 1 aromatic heterocycles. The maximum atomic E-state index is 5.20. The fourth-order valence-corrected chi connectivity index (χ4v) is 1.91. The minimum Gasteiger partial charge on any atom is -0.361 e. The summed E-state index contributed by atoms with van der Waals surface area (Å²) in [4.78, 5) is 3.23. The molecule has 2 rings (SSSR count). The van der Waals surface area contributed by atoms with E-state index in [1.165, 1.54) is 16.5 Å². The molecule has 0 unspecified atom stereocenters. The summed E-state index contributed by atoms with van der Waals surface area (Å²) in [5.74, 6) is 2.66. The van der Waals surface area contributed by atoms with Crippen LogP contribution in [0.2, 0.25) is 0 Å². The molecule has 0 amide bonds. The molecule has 0 aliphatic rings. The van der Waals surface area contributed by atoms with Crippen LogP contribution in [0.25, 0.3) is 10.9 Å². The van der Waals surface area contributed by atoms with Crippen molar-refractivity contribution in [1.29, 1.82) is 0 Å². The number of hydrogen-bond donors (Lipinski definition) is 2. The predicted octanol–water partition coefficient (Wildman–Crippen LogP) is 3.06. The van der Waals surface area contributed by atoms with E-state index in [2.05, 4.69) is 40.5 Å². The molecule has 0 radical (unpaired) electrons. The number of fused-ring (bicyclic) bond motifs is 1. The Bertz CT molecular complexity index is 505. The van der Waals surface area contributed by atoms with Crippen molar-refractivity contribution in [3.05, 3.63) is 36.0 Å². The largest absolute Gasteiger partial charge is 0.361 e. The van der Waals surface area contributed by atoms with Crippen molar-refractivity contribution in [3.63, 3.8) is 0 Å². The summed E-state index contributed by atoms with van der Waals surface area (Å²) in [6, 6.07) is 8.61. The maximum Gasteiger partial charge on any atom is 0.0457 e. The lowest BCUT2D eigenvalue weighted by molar-refractivity contribution is 0.630. The van der Waals surface area contributed by atoms with Crippen LogP contribution in [-0.4, -0.2) is 11.5 Å². The van der Waals surface area contributed by atoms with Gasteiger partial charge in [0.25, 0.3) is 0 Å². The van der Waals surface area contributed by atoms with Crippen LogP contribution in [0.4, 0.5) is 0 Å². The highest BCUT2D eigenvalue weighted by Crippen LogP contribution is 2.13. The number of hydrogen-bond acceptors (Lipinski definition) is 1.